The Balaban J connectivity index is 2.21. The summed E-state index contributed by atoms with van der Waals surface area (Å²) in [5.41, 5.74) is 0.0499. The Morgan fingerprint density at radius 1 is 1.50 bits per heavy atom. The van der Waals surface area contributed by atoms with Crippen LogP contribution in [0.1, 0.15) is 10.5 Å². The average molecular weight is 235 g/mol. The number of nitrogens with zero attached hydrogens (tertiary/aromatic N) is 3. The molecule has 0 amide bonds. The summed E-state index contributed by atoms with van der Waals surface area (Å²) in [6.07, 6.45) is 5.08. The van der Waals surface area contributed by atoms with Gasteiger partial charge in [0, 0.05) is 24.3 Å². The van der Waals surface area contributed by atoms with Gasteiger partial charge in [-0.2, -0.15) is 5.10 Å². The molecule has 0 atom stereocenters. The highest BCUT2D eigenvalue weighted by Gasteiger charge is 2.06. The van der Waals surface area contributed by atoms with Crippen LogP contribution in [0.3, 0.4) is 0 Å². The molecule has 0 unspecified atom stereocenters. The summed E-state index contributed by atoms with van der Waals surface area (Å²) in [5.74, 6) is -1.02. The third-order valence-corrected chi connectivity index (χ3v) is 2.80. The summed E-state index contributed by atoms with van der Waals surface area (Å²) in [4.78, 5) is 16.3. The molecule has 0 bridgehead atoms. The molecule has 2 aromatic heterocycles. The quantitative estimate of drug-likeness (QED) is 0.876. The van der Waals surface area contributed by atoms with E-state index in [1.165, 1.54) is 18.0 Å². The van der Waals surface area contributed by atoms with E-state index in [1.54, 1.807) is 23.0 Å². The summed E-state index contributed by atoms with van der Waals surface area (Å²) in [6.45, 7) is 0. The number of rotatable bonds is 3. The molecule has 0 aliphatic carbocycles. The van der Waals surface area contributed by atoms with Crippen LogP contribution < -0.4 is 0 Å². The fraction of sp³-hybridized carbons (Fsp3) is 0.100. The van der Waals surface area contributed by atoms with Gasteiger partial charge in [-0.1, -0.05) is 11.8 Å². The Kier molecular flexibility index (Phi) is 2.91. The Bertz CT molecular complexity index is 524. The summed E-state index contributed by atoms with van der Waals surface area (Å²) in [6, 6.07) is 3.31. The Morgan fingerprint density at radius 3 is 2.94 bits per heavy atom. The molecular weight excluding hydrogens is 226 g/mol. The van der Waals surface area contributed by atoms with Crippen molar-refractivity contribution in [2.24, 2.45) is 7.05 Å². The van der Waals surface area contributed by atoms with Crippen LogP contribution in [0, 0.1) is 0 Å². The summed E-state index contributed by atoms with van der Waals surface area (Å²) < 4.78 is 1.70. The van der Waals surface area contributed by atoms with Gasteiger partial charge in [0.2, 0.25) is 0 Å². The fourth-order valence-corrected chi connectivity index (χ4v) is 2.06. The minimum absolute atomic E-state index is 0.0499. The molecule has 2 heterocycles. The van der Waals surface area contributed by atoms with E-state index in [2.05, 4.69) is 10.1 Å². The molecule has 2 aromatic rings. The highest BCUT2D eigenvalue weighted by atomic mass is 32.2. The lowest BCUT2D eigenvalue weighted by Gasteiger charge is -1.99. The first-order valence-corrected chi connectivity index (χ1v) is 5.32. The molecule has 16 heavy (non-hydrogen) atoms. The number of carbonyl (C=O) groups is 1. The lowest BCUT2D eigenvalue weighted by atomic mass is 10.3. The van der Waals surface area contributed by atoms with Crippen molar-refractivity contribution in [1.29, 1.82) is 0 Å². The van der Waals surface area contributed by atoms with Crippen molar-refractivity contribution >= 4 is 17.7 Å². The largest absolute Gasteiger partial charge is 0.477 e. The molecule has 2 rings (SSSR count). The number of aromatic carboxylic acids is 1. The number of aryl methyl sites for hydroxylation is 1. The SMILES string of the molecule is Cn1cc(Sc2ccnc(C(=O)O)c2)cn1. The predicted molar refractivity (Wildman–Crippen MR) is 58.5 cm³/mol. The van der Waals surface area contributed by atoms with Gasteiger partial charge in [0.05, 0.1) is 11.1 Å². The molecule has 82 valence electrons. The molecule has 0 fully saturated rings. The van der Waals surface area contributed by atoms with Gasteiger partial charge in [0.15, 0.2) is 0 Å². The smallest absolute Gasteiger partial charge is 0.354 e. The van der Waals surface area contributed by atoms with Crippen molar-refractivity contribution in [2.45, 2.75) is 9.79 Å². The van der Waals surface area contributed by atoms with E-state index < -0.39 is 5.97 Å². The third-order valence-electron chi connectivity index (χ3n) is 1.87. The van der Waals surface area contributed by atoms with Crippen LogP contribution in [-0.4, -0.2) is 25.8 Å². The van der Waals surface area contributed by atoms with Gasteiger partial charge >= 0.3 is 5.97 Å². The fourth-order valence-electron chi connectivity index (χ4n) is 1.18. The van der Waals surface area contributed by atoms with Gasteiger partial charge in [0.25, 0.3) is 0 Å². The second kappa shape index (κ2) is 4.36. The maximum absolute atomic E-state index is 10.7. The summed E-state index contributed by atoms with van der Waals surface area (Å²) in [5, 5.41) is 12.8. The Hall–Kier alpha value is -1.82. The monoisotopic (exact) mass is 235 g/mol. The van der Waals surface area contributed by atoms with Crippen molar-refractivity contribution in [3.05, 3.63) is 36.4 Å². The molecule has 0 aliphatic heterocycles. The maximum Gasteiger partial charge on any atom is 0.354 e. The van der Waals surface area contributed by atoms with Crippen LogP contribution in [-0.2, 0) is 7.05 Å². The molecule has 0 aliphatic rings. The van der Waals surface area contributed by atoms with Gasteiger partial charge in [-0.3, -0.25) is 4.68 Å². The molecule has 0 radical (unpaired) electrons. The van der Waals surface area contributed by atoms with Gasteiger partial charge in [-0.25, -0.2) is 9.78 Å². The molecule has 0 spiro atoms. The van der Waals surface area contributed by atoms with Gasteiger partial charge in [0.1, 0.15) is 5.69 Å². The zero-order chi connectivity index (χ0) is 11.5. The molecule has 1 N–H and O–H groups in total. The van der Waals surface area contributed by atoms with Crippen molar-refractivity contribution in [2.75, 3.05) is 0 Å². The average Bonchev–Trinajstić information content (AvgIpc) is 2.64. The Morgan fingerprint density at radius 2 is 2.31 bits per heavy atom. The van der Waals surface area contributed by atoms with Crippen LogP contribution in [0.4, 0.5) is 0 Å². The maximum atomic E-state index is 10.7. The standard InChI is InChI=1S/C10H9N3O2S/c1-13-6-8(5-12-13)16-7-2-3-11-9(4-7)10(14)15/h2-6H,1H3,(H,14,15). The molecule has 0 saturated heterocycles. The van der Waals surface area contributed by atoms with Crippen LogP contribution in [0.25, 0.3) is 0 Å². The number of pyridine rings is 1. The Labute approximate surface area is 96.1 Å². The van der Waals surface area contributed by atoms with E-state index in [-0.39, 0.29) is 5.69 Å². The van der Waals surface area contributed by atoms with Gasteiger partial charge < -0.3 is 5.11 Å². The third kappa shape index (κ3) is 2.40. The molecule has 6 heteroatoms. The predicted octanol–water partition coefficient (Wildman–Crippen LogP) is 1.66. The highest BCUT2D eigenvalue weighted by Crippen LogP contribution is 2.26. The number of aromatic nitrogens is 3. The number of carboxylic acid groups (broad SMARTS) is 1. The second-order valence-corrected chi connectivity index (χ2v) is 4.28. The van der Waals surface area contributed by atoms with Crippen molar-refractivity contribution < 1.29 is 9.90 Å². The molecular formula is C10H9N3O2S. The molecule has 0 saturated carbocycles. The van der Waals surface area contributed by atoms with E-state index >= 15 is 0 Å². The summed E-state index contributed by atoms with van der Waals surface area (Å²) >= 11 is 1.45. The minimum atomic E-state index is -1.02. The number of hydrogen-bond donors (Lipinski definition) is 1. The van der Waals surface area contributed by atoms with E-state index in [4.69, 9.17) is 5.11 Å². The molecule has 5 nitrogen and oxygen atoms in total. The highest BCUT2D eigenvalue weighted by molar-refractivity contribution is 7.99. The number of carboxylic acids is 1. The van der Waals surface area contributed by atoms with Crippen LogP contribution in [0.15, 0.2) is 40.5 Å². The lowest BCUT2D eigenvalue weighted by Crippen LogP contribution is -1.99. The lowest BCUT2D eigenvalue weighted by molar-refractivity contribution is 0.0690. The zero-order valence-electron chi connectivity index (χ0n) is 8.49. The minimum Gasteiger partial charge on any atom is -0.477 e. The number of hydrogen-bond acceptors (Lipinski definition) is 4. The first-order chi connectivity index (χ1) is 7.65. The van der Waals surface area contributed by atoms with Gasteiger partial charge in [-0.05, 0) is 12.1 Å². The van der Waals surface area contributed by atoms with Gasteiger partial charge in [-0.15, -0.1) is 0 Å². The zero-order valence-corrected chi connectivity index (χ0v) is 9.31. The first kappa shape index (κ1) is 10.7. The van der Waals surface area contributed by atoms with Crippen molar-refractivity contribution in [3.8, 4) is 0 Å². The van der Waals surface area contributed by atoms with Crippen molar-refractivity contribution in [3.63, 3.8) is 0 Å². The van der Waals surface area contributed by atoms with E-state index in [0.717, 1.165) is 9.79 Å². The van der Waals surface area contributed by atoms with Crippen LogP contribution >= 0.6 is 11.8 Å². The second-order valence-electron chi connectivity index (χ2n) is 3.13. The van der Waals surface area contributed by atoms with E-state index in [9.17, 15) is 4.79 Å². The van der Waals surface area contributed by atoms with Crippen molar-refractivity contribution in [1.82, 2.24) is 14.8 Å². The molecule has 0 aromatic carbocycles. The summed E-state index contributed by atoms with van der Waals surface area (Å²) in [7, 11) is 1.83. The normalized spacial score (nSPS) is 10.3. The van der Waals surface area contributed by atoms with E-state index in [0.29, 0.717) is 0 Å². The topological polar surface area (TPSA) is 68.0 Å². The van der Waals surface area contributed by atoms with E-state index in [1.807, 2.05) is 13.2 Å². The van der Waals surface area contributed by atoms with Crippen LogP contribution in [0.2, 0.25) is 0 Å². The van der Waals surface area contributed by atoms with Crippen LogP contribution in [0.5, 0.6) is 0 Å². The first-order valence-electron chi connectivity index (χ1n) is 4.51.